The summed E-state index contributed by atoms with van der Waals surface area (Å²) in [6.45, 7) is 8.91. The molecule has 6 heteroatoms. The van der Waals surface area contributed by atoms with Crippen molar-refractivity contribution in [1.82, 2.24) is 20.2 Å². The van der Waals surface area contributed by atoms with Crippen LogP contribution in [-0.4, -0.2) is 46.5 Å². The highest BCUT2D eigenvalue weighted by molar-refractivity contribution is 5.96. The smallest absolute Gasteiger partial charge is 0.272 e. The number of hydrogen-bond acceptors (Lipinski definition) is 5. The van der Waals surface area contributed by atoms with Gasteiger partial charge in [-0.3, -0.25) is 9.69 Å². The van der Waals surface area contributed by atoms with Gasteiger partial charge in [0.1, 0.15) is 5.82 Å². The van der Waals surface area contributed by atoms with Gasteiger partial charge in [0.25, 0.3) is 5.91 Å². The molecule has 1 aliphatic heterocycles. The normalized spacial score (nSPS) is 19.1. The monoisotopic (exact) mass is 291 g/mol. The van der Waals surface area contributed by atoms with Crippen molar-refractivity contribution >= 4 is 11.6 Å². The van der Waals surface area contributed by atoms with Gasteiger partial charge in [-0.1, -0.05) is 20.8 Å². The molecule has 0 spiro atoms. The second-order valence-corrected chi connectivity index (χ2v) is 5.82. The van der Waals surface area contributed by atoms with E-state index in [1.165, 1.54) is 12.6 Å². The molecule has 1 fully saturated rings. The van der Waals surface area contributed by atoms with Gasteiger partial charge < -0.3 is 11.1 Å². The van der Waals surface area contributed by atoms with Crippen LogP contribution in [0.4, 0.5) is 5.69 Å². The van der Waals surface area contributed by atoms with Crippen molar-refractivity contribution in [2.24, 2.45) is 0 Å². The molecule has 0 aliphatic carbocycles. The predicted molar refractivity (Wildman–Crippen MR) is 83.1 cm³/mol. The van der Waals surface area contributed by atoms with Gasteiger partial charge in [0.2, 0.25) is 0 Å². The lowest BCUT2D eigenvalue weighted by atomic mass is 10.2. The fourth-order valence-electron chi connectivity index (χ4n) is 2.70. The van der Waals surface area contributed by atoms with Crippen LogP contribution >= 0.6 is 0 Å². The van der Waals surface area contributed by atoms with Gasteiger partial charge in [-0.05, 0) is 25.9 Å². The number of amides is 1. The molecule has 0 radical (unpaired) electrons. The van der Waals surface area contributed by atoms with Crippen molar-refractivity contribution in [2.75, 3.05) is 25.4 Å². The van der Waals surface area contributed by atoms with Gasteiger partial charge in [-0.25, -0.2) is 9.97 Å². The van der Waals surface area contributed by atoms with Crippen LogP contribution in [0.5, 0.6) is 0 Å². The molecule has 6 nitrogen and oxygen atoms in total. The molecule has 116 valence electrons. The summed E-state index contributed by atoms with van der Waals surface area (Å²) in [5, 5.41) is 2.96. The number of rotatable bonds is 5. The van der Waals surface area contributed by atoms with Crippen molar-refractivity contribution in [1.29, 1.82) is 0 Å². The Morgan fingerprint density at radius 2 is 2.33 bits per heavy atom. The molecule has 0 bridgehead atoms. The average molecular weight is 291 g/mol. The van der Waals surface area contributed by atoms with Crippen molar-refractivity contribution < 1.29 is 4.79 Å². The predicted octanol–water partition coefficient (Wildman–Crippen LogP) is 1.40. The van der Waals surface area contributed by atoms with E-state index in [-0.39, 0.29) is 17.5 Å². The number of anilines is 1. The molecule has 1 aromatic rings. The van der Waals surface area contributed by atoms with E-state index < -0.39 is 0 Å². The summed E-state index contributed by atoms with van der Waals surface area (Å²) in [7, 11) is 0. The number of likely N-dealkylation sites (tertiary alicyclic amines) is 1. The molecule has 3 N–H and O–H groups in total. The quantitative estimate of drug-likeness (QED) is 0.856. The summed E-state index contributed by atoms with van der Waals surface area (Å²) < 4.78 is 0. The van der Waals surface area contributed by atoms with Gasteiger partial charge >= 0.3 is 0 Å². The SMILES string of the molecule is CCN1CCCC1CNC(=O)c1nc(C(C)C)ncc1N. The number of nitrogens with two attached hydrogens (primary N) is 1. The molecule has 0 aromatic carbocycles. The Balaban J connectivity index is 2.01. The van der Waals surface area contributed by atoms with Gasteiger partial charge in [0.15, 0.2) is 5.69 Å². The van der Waals surface area contributed by atoms with Crippen molar-refractivity contribution in [3.05, 3.63) is 17.7 Å². The highest BCUT2D eigenvalue weighted by atomic mass is 16.1. The Bertz CT molecular complexity index is 503. The van der Waals surface area contributed by atoms with Crippen LogP contribution in [0.15, 0.2) is 6.20 Å². The first-order valence-electron chi connectivity index (χ1n) is 7.67. The fraction of sp³-hybridized carbons (Fsp3) is 0.667. The molecular weight excluding hydrogens is 266 g/mol. The Labute approximate surface area is 126 Å². The Morgan fingerprint density at radius 1 is 1.57 bits per heavy atom. The number of aromatic nitrogens is 2. The van der Waals surface area contributed by atoms with Gasteiger partial charge in [-0.15, -0.1) is 0 Å². The molecule has 1 unspecified atom stereocenters. The van der Waals surface area contributed by atoms with E-state index in [1.54, 1.807) is 0 Å². The van der Waals surface area contributed by atoms with Crippen LogP contribution in [0.25, 0.3) is 0 Å². The second-order valence-electron chi connectivity index (χ2n) is 5.82. The van der Waals surface area contributed by atoms with E-state index in [0.29, 0.717) is 24.1 Å². The van der Waals surface area contributed by atoms with Gasteiger partial charge in [0.05, 0.1) is 11.9 Å². The first kappa shape index (κ1) is 15.7. The number of nitrogens with one attached hydrogen (secondary N) is 1. The van der Waals surface area contributed by atoms with Gasteiger partial charge in [0, 0.05) is 18.5 Å². The molecule has 1 amide bonds. The van der Waals surface area contributed by atoms with E-state index >= 15 is 0 Å². The molecule has 1 atom stereocenters. The molecule has 2 heterocycles. The minimum Gasteiger partial charge on any atom is -0.396 e. The van der Waals surface area contributed by atoms with Crippen molar-refractivity contribution in [3.63, 3.8) is 0 Å². The van der Waals surface area contributed by atoms with Crippen molar-refractivity contribution in [3.8, 4) is 0 Å². The maximum atomic E-state index is 12.3. The highest BCUT2D eigenvalue weighted by Gasteiger charge is 2.24. The first-order chi connectivity index (χ1) is 10.0. The molecular formula is C15H25N5O. The molecule has 1 saturated heterocycles. The number of carbonyl (C=O) groups excluding carboxylic acids is 1. The molecule has 0 saturated carbocycles. The molecule has 2 rings (SSSR count). The number of carbonyl (C=O) groups is 1. The highest BCUT2D eigenvalue weighted by Crippen LogP contribution is 2.16. The van der Waals surface area contributed by atoms with Crippen LogP contribution in [0.3, 0.4) is 0 Å². The average Bonchev–Trinajstić information content (AvgIpc) is 2.92. The topological polar surface area (TPSA) is 84.1 Å². The van der Waals surface area contributed by atoms with Crippen LogP contribution < -0.4 is 11.1 Å². The first-order valence-corrected chi connectivity index (χ1v) is 7.67. The minimum absolute atomic E-state index is 0.169. The molecule has 21 heavy (non-hydrogen) atoms. The van der Waals surface area contributed by atoms with Crippen LogP contribution in [0.1, 0.15) is 55.8 Å². The second kappa shape index (κ2) is 6.85. The van der Waals surface area contributed by atoms with Gasteiger partial charge in [-0.2, -0.15) is 0 Å². The van der Waals surface area contributed by atoms with E-state index in [0.717, 1.165) is 19.5 Å². The zero-order valence-electron chi connectivity index (χ0n) is 13.1. The summed E-state index contributed by atoms with van der Waals surface area (Å²) in [6.07, 6.45) is 3.84. The molecule has 1 aromatic heterocycles. The largest absolute Gasteiger partial charge is 0.396 e. The number of likely N-dealkylation sites (N-methyl/N-ethyl adjacent to an activating group) is 1. The summed E-state index contributed by atoms with van der Waals surface area (Å²) in [5.41, 5.74) is 6.45. The third-order valence-corrected chi connectivity index (χ3v) is 3.97. The summed E-state index contributed by atoms with van der Waals surface area (Å²) in [6, 6.07) is 0.423. The Kier molecular flexibility index (Phi) is 5.12. The lowest BCUT2D eigenvalue weighted by molar-refractivity contribution is 0.0937. The van der Waals surface area contributed by atoms with E-state index in [1.807, 2.05) is 13.8 Å². The fourth-order valence-corrected chi connectivity index (χ4v) is 2.70. The van der Waals surface area contributed by atoms with E-state index in [2.05, 4.69) is 27.1 Å². The lowest BCUT2D eigenvalue weighted by Gasteiger charge is -2.22. The number of hydrogen-bond donors (Lipinski definition) is 2. The van der Waals surface area contributed by atoms with Crippen LogP contribution in [-0.2, 0) is 0 Å². The summed E-state index contributed by atoms with van der Waals surface area (Å²) in [5.74, 6) is 0.604. The Hall–Kier alpha value is -1.69. The zero-order chi connectivity index (χ0) is 15.4. The summed E-state index contributed by atoms with van der Waals surface area (Å²) >= 11 is 0. The maximum absolute atomic E-state index is 12.3. The van der Waals surface area contributed by atoms with Crippen LogP contribution in [0, 0.1) is 0 Å². The zero-order valence-corrected chi connectivity index (χ0v) is 13.1. The molecule has 1 aliphatic rings. The standard InChI is InChI=1S/C15H25N5O/c1-4-20-7-5-6-11(20)8-18-15(21)13-12(16)9-17-14(19-13)10(2)3/h9-11H,4-8,16H2,1-3H3,(H,18,21). The van der Waals surface area contributed by atoms with E-state index in [4.69, 9.17) is 5.73 Å². The third-order valence-electron chi connectivity index (χ3n) is 3.97. The van der Waals surface area contributed by atoms with Crippen LogP contribution in [0.2, 0.25) is 0 Å². The van der Waals surface area contributed by atoms with E-state index in [9.17, 15) is 4.79 Å². The number of nitrogen functional groups attached to an aromatic ring is 1. The summed E-state index contributed by atoms with van der Waals surface area (Å²) in [4.78, 5) is 23.1. The third kappa shape index (κ3) is 3.69. The van der Waals surface area contributed by atoms with Crippen molar-refractivity contribution in [2.45, 2.75) is 45.6 Å². The number of nitrogens with zero attached hydrogens (tertiary/aromatic N) is 3. The Morgan fingerprint density at radius 3 is 3.00 bits per heavy atom. The minimum atomic E-state index is -0.209. The lowest BCUT2D eigenvalue weighted by Crippen LogP contribution is -2.40. The maximum Gasteiger partial charge on any atom is 0.272 e.